The predicted molar refractivity (Wildman–Crippen MR) is 44.7 cm³/mol. The van der Waals surface area contributed by atoms with E-state index < -0.39 is 0 Å². The van der Waals surface area contributed by atoms with E-state index >= 15 is 0 Å². The minimum atomic E-state index is 0.273. The highest BCUT2D eigenvalue weighted by molar-refractivity contribution is 5.71. The van der Waals surface area contributed by atoms with Gasteiger partial charge in [0.25, 0.3) is 0 Å². The number of rotatable bonds is 2. The fourth-order valence-corrected chi connectivity index (χ4v) is 1.52. The van der Waals surface area contributed by atoms with Crippen molar-refractivity contribution in [1.29, 1.82) is 0 Å². The van der Waals surface area contributed by atoms with Crippen LogP contribution in [0.25, 0.3) is 0 Å². The van der Waals surface area contributed by atoms with Gasteiger partial charge in [0.15, 0.2) is 6.29 Å². The molecular formula is C9H11NO3. The Morgan fingerprint density at radius 3 is 3.15 bits per heavy atom. The molecule has 1 aromatic rings. The number of ether oxygens (including phenoxy) is 1. The molecule has 2 rings (SSSR count). The SMILES string of the molecule is O=Cc1cc(C2CCCOC2)on1. The molecule has 0 spiro atoms. The second-order valence-electron chi connectivity index (χ2n) is 3.19. The molecule has 4 heteroatoms. The van der Waals surface area contributed by atoms with Crippen LogP contribution in [0.15, 0.2) is 10.6 Å². The molecule has 0 N–H and O–H groups in total. The van der Waals surface area contributed by atoms with Crippen LogP contribution in [0.3, 0.4) is 0 Å². The quantitative estimate of drug-likeness (QED) is 0.647. The van der Waals surface area contributed by atoms with Crippen LogP contribution >= 0.6 is 0 Å². The zero-order chi connectivity index (χ0) is 9.10. The average molecular weight is 181 g/mol. The maximum Gasteiger partial charge on any atom is 0.171 e. The first-order valence-electron chi connectivity index (χ1n) is 4.39. The van der Waals surface area contributed by atoms with Gasteiger partial charge >= 0.3 is 0 Å². The van der Waals surface area contributed by atoms with Crippen LogP contribution in [-0.2, 0) is 4.74 Å². The Hall–Kier alpha value is -1.16. The largest absolute Gasteiger partial charge is 0.381 e. The van der Waals surface area contributed by atoms with Gasteiger partial charge in [-0.3, -0.25) is 4.79 Å². The summed E-state index contributed by atoms with van der Waals surface area (Å²) in [6, 6.07) is 1.69. The third-order valence-corrected chi connectivity index (χ3v) is 2.23. The highest BCUT2D eigenvalue weighted by Gasteiger charge is 2.20. The van der Waals surface area contributed by atoms with Gasteiger partial charge in [0.05, 0.1) is 6.61 Å². The van der Waals surface area contributed by atoms with E-state index in [1.54, 1.807) is 6.07 Å². The van der Waals surface area contributed by atoms with Gasteiger partial charge in [0, 0.05) is 18.6 Å². The van der Waals surface area contributed by atoms with Crippen LogP contribution in [0.2, 0.25) is 0 Å². The topological polar surface area (TPSA) is 52.3 Å². The predicted octanol–water partition coefficient (Wildman–Crippen LogP) is 1.38. The molecule has 0 amide bonds. The van der Waals surface area contributed by atoms with E-state index in [0.29, 0.717) is 18.6 Å². The van der Waals surface area contributed by atoms with Crippen molar-refractivity contribution < 1.29 is 14.1 Å². The molecule has 4 nitrogen and oxygen atoms in total. The number of hydrogen-bond donors (Lipinski definition) is 0. The zero-order valence-corrected chi connectivity index (χ0v) is 7.23. The molecule has 1 fully saturated rings. The second-order valence-corrected chi connectivity index (χ2v) is 3.19. The number of aromatic nitrogens is 1. The van der Waals surface area contributed by atoms with Crippen molar-refractivity contribution in [2.24, 2.45) is 0 Å². The molecule has 13 heavy (non-hydrogen) atoms. The standard InChI is InChI=1S/C9H11NO3/c11-5-8-4-9(13-10-8)7-2-1-3-12-6-7/h4-5,7H,1-3,6H2. The second kappa shape index (κ2) is 3.70. The summed E-state index contributed by atoms with van der Waals surface area (Å²) in [5, 5.41) is 3.61. The van der Waals surface area contributed by atoms with Gasteiger partial charge in [-0.25, -0.2) is 0 Å². The van der Waals surface area contributed by atoms with E-state index in [-0.39, 0.29) is 5.92 Å². The fourth-order valence-electron chi connectivity index (χ4n) is 1.52. The number of nitrogens with zero attached hydrogens (tertiary/aromatic N) is 1. The number of aldehydes is 1. The summed E-state index contributed by atoms with van der Waals surface area (Å²) in [4.78, 5) is 10.3. The molecular weight excluding hydrogens is 170 g/mol. The average Bonchev–Trinajstić information content (AvgIpc) is 2.67. The molecule has 0 radical (unpaired) electrons. The molecule has 1 unspecified atom stereocenters. The van der Waals surface area contributed by atoms with Gasteiger partial charge in [-0.15, -0.1) is 0 Å². The third-order valence-electron chi connectivity index (χ3n) is 2.23. The molecule has 1 saturated heterocycles. The summed E-state index contributed by atoms with van der Waals surface area (Å²) in [6.07, 6.45) is 2.78. The van der Waals surface area contributed by atoms with E-state index in [9.17, 15) is 4.79 Å². The fraction of sp³-hybridized carbons (Fsp3) is 0.556. The van der Waals surface area contributed by atoms with Crippen LogP contribution in [0.4, 0.5) is 0 Å². The van der Waals surface area contributed by atoms with Crippen molar-refractivity contribution in [2.45, 2.75) is 18.8 Å². The monoisotopic (exact) mass is 181 g/mol. The number of carbonyl (C=O) groups excluding carboxylic acids is 1. The summed E-state index contributed by atoms with van der Waals surface area (Å²) in [5.41, 5.74) is 0.362. The van der Waals surface area contributed by atoms with Crippen molar-refractivity contribution in [1.82, 2.24) is 5.16 Å². The van der Waals surface area contributed by atoms with E-state index in [1.807, 2.05) is 0 Å². The lowest BCUT2D eigenvalue weighted by atomic mass is 9.99. The van der Waals surface area contributed by atoms with Crippen LogP contribution in [0.5, 0.6) is 0 Å². The van der Waals surface area contributed by atoms with Crippen molar-refractivity contribution in [3.05, 3.63) is 17.5 Å². The maximum absolute atomic E-state index is 10.3. The van der Waals surface area contributed by atoms with E-state index in [1.165, 1.54) is 0 Å². The Bertz CT molecular complexity index is 289. The van der Waals surface area contributed by atoms with Gasteiger partial charge in [0.1, 0.15) is 11.5 Å². The van der Waals surface area contributed by atoms with Gasteiger partial charge in [0.2, 0.25) is 0 Å². The molecule has 2 heterocycles. The molecule has 1 aliphatic rings. The highest BCUT2D eigenvalue weighted by Crippen LogP contribution is 2.25. The smallest absolute Gasteiger partial charge is 0.171 e. The first-order valence-corrected chi connectivity index (χ1v) is 4.39. The van der Waals surface area contributed by atoms with Crippen molar-refractivity contribution in [3.63, 3.8) is 0 Å². The van der Waals surface area contributed by atoms with Crippen LogP contribution < -0.4 is 0 Å². The van der Waals surface area contributed by atoms with Gasteiger partial charge in [-0.2, -0.15) is 0 Å². The van der Waals surface area contributed by atoms with E-state index in [4.69, 9.17) is 9.26 Å². The van der Waals surface area contributed by atoms with Crippen molar-refractivity contribution >= 4 is 6.29 Å². The Morgan fingerprint density at radius 1 is 1.62 bits per heavy atom. The van der Waals surface area contributed by atoms with Gasteiger partial charge in [-0.1, -0.05) is 5.16 Å². The van der Waals surface area contributed by atoms with E-state index in [0.717, 1.165) is 25.2 Å². The Morgan fingerprint density at radius 2 is 2.54 bits per heavy atom. The summed E-state index contributed by atoms with van der Waals surface area (Å²) in [5.74, 6) is 1.04. The lowest BCUT2D eigenvalue weighted by molar-refractivity contribution is 0.0721. The van der Waals surface area contributed by atoms with Crippen molar-refractivity contribution in [3.8, 4) is 0 Å². The van der Waals surface area contributed by atoms with Crippen LogP contribution in [0, 0.1) is 0 Å². The molecule has 0 aromatic carbocycles. The Balaban J connectivity index is 2.09. The normalized spacial score (nSPS) is 22.9. The number of carbonyl (C=O) groups is 1. The first-order chi connectivity index (χ1) is 6.40. The molecule has 0 bridgehead atoms. The number of hydrogen-bond acceptors (Lipinski definition) is 4. The highest BCUT2D eigenvalue weighted by atomic mass is 16.5. The molecule has 1 atom stereocenters. The summed E-state index contributed by atoms with van der Waals surface area (Å²) >= 11 is 0. The molecule has 0 saturated carbocycles. The molecule has 1 aromatic heterocycles. The Kier molecular flexibility index (Phi) is 2.40. The molecule has 70 valence electrons. The van der Waals surface area contributed by atoms with Gasteiger partial charge in [-0.05, 0) is 12.8 Å². The zero-order valence-electron chi connectivity index (χ0n) is 7.23. The molecule has 0 aliphatic carbocycles. The summed E-state index contributed by atoms with van der Waals surface area (Å²) < 4.78 is 10.3. The summed E-state index contributed by atoms with van der Waals surface area (Å²) in [6.45, 7) is 1.50. The van der Waals surface area contributed by atoms with Gasteiger partial charge < -0.3 is 9.26 Å². The summed E-state index contributed by atoms with van der Waals surface area (Å²) in [7, 11) is 0. The molecule has 1 aliphatic heterocycles. The third kappa shape index (κ3) is 1.78. The minimum Gasteiger partial charge on any atom is -0.381 e. The van der Waals surface area contributed by atoms with Crippen LogP contribution in [-0.4, -0.2) is 24.7 Å². The lowest BCUT2D eigenvalue weighted by Crippen LogP contribution is -2.14. The van der Waals surface area contributed by atoms with E-state index in [2.05, 4.69) is 5.16 Å². The maximum atomic E-state index is 10.3. The minimum absolute atomic E-state index is 0.273. The lowest BCUT2D eigenvalue weighted by Gasteiger charge is -2.18. The first kappa shape index (κ1) is 8.44. The van der Waals surface area contributed by atoms with Crippen LogP contribution in [0.1, 0.15) is 35.0 Å². The van der Waals surface area contributed by atoms with Crippen molar-refractivity contribution in [2.75, 3.05) is 13.2 Å². The Labute approximate surface area is 75.9 Å².